The fraction of sp³-hybridized carbons (Fsp3) is 0.538. The Hall–Kier alpha value is -1.25. The zero-order chi connectivity index (χ0) is 15.5. The fourth-order valence-electron chi connectivity index (χ4n) is 2.22. The first-order valence-electron chi connectivity index (χ1n) is 6.64. The van der Waals surface area contributed by atoms with Crippen LogP contribution in [-0.4, -0.2) is 45.4 Å². The molecule has 1 aliphatic rings. The Morgan fingerprint density at radius 3 is 2.52 bits per heavy atom. The predicted molar refractivity (Wildman–Crippen MR) is 73.9 cm³/mol. The van der Waals surface area contributed by atoms with Crippen molar-refractivity contribution in [2.24, 2.45) is 11.7 Å². The number of nitrogens with two attached hydrogens (primary N) is 1. The standard InChI is InChI=1S/C13H18F2N2O3S/c14-13(15)9-20-11-1-3-12(4-2-11)21(18,19)17-6-5-10(7-16)8-17/h1-4,10,13H,5-9,16H2. The molecule has 2 N–H and O–H groups in total. The smallest absolute Gasteiger partial charge is 0.272 e. The van der Waals surface area contributed by atoms with Crippen molar-refractivity contribution in [2.75, 3.05) is 26.2 Å². The summed E-state index contributed by atoms with van der Waals surface area (Å²) >= 11 is 0. The lowest BCUT2D eigenvalue weighted by atomic mass is 10.1. The number of nitrogens with zero attached hydrogens (tertiary/aromatic N) is 1. The van der Waals surface area contributed by atoms with Crippen molar-refractivity contribution in [3.05, 3.63) is 24.3 Å². The molecule has 0 aromatic heterocycles. The molecular weight excluding hydrogens is 302 g/mol. The number of hydrogen-bond donors (Lipinski definition) is 1. The molecule has 118 valence electrons. The van der Waals surface area contributed by atoms with Gasteiger partial charge < -0.3 is 10.5 Å². The number of halogens is 2. The van der Waals surface area contributed by atoms with Gasteiger partial charge in [-0.1, -0.05) is 0 Å². The second kappa shape index (κ2) is 6.67. The third kappa shape index (κ3) is 3.90. The first-order chi connectivity index (χ1) is 9.93. The number of benzene rings is 1. The van der Waals surface area contributed by atoms with E-state index in [4.69, 9.17) is 10.5 Å². The van der Waals surface area contributed by atoms with Crippen LogP contribution in [0.5, 0.6) is 5.75 Å². The predicted octanol–water partition coefficient (Wildman–Crippen LogP) is 1.30. The molecule has 0 saturated carbocycles. The van der Waals surface area contributed by atoms with Gasteiger partial charge in [0.1, 0.15) is 12.4 Å². The lowest BCUT2D eigenvalue weighted by Crippen LogP contribution is -2.30. The summed E-state index contributed by atoms with van der Waals surface area (Å²) in [5, 5.41) is 0. The molecule has 1 fully saturated rings. The van der Waals surface area contributed by atoms with Crippen LogP contribution in [0.2, 0.25) is 0 Å². The summed E-state index contributed by atoms with van der Waals surface area (Å²) in [5.41, 5.74) is 5.56. The minimum absolute atomic E-state index is 0.129. The summed E-state index contributed by atoms with van der Waals surface area (Å²) in [5.74, 6) is 0.406. The Balaban J connectivity index is 2.07. The van der Waals surface area contributed by atoms with E-state index in [1.165, 1.54) is 28.6 Å². The van der Waals surface area contributed by atoms with Crippen LogP contribution in [0.1, 0.15) is 6.42 Å². The second-order valence-corrected chi connectivity index (χ2v) is 6.86. The van der Waals surface area contributed by atoms with Gasteiger partial charge in [-0.25, -0.2) is 17.2 Å². The van der Waals surface area contributed by atoms with Crippen LogP contribution >= 0.6 is 0 Å². The van der Waals surface area contributed by atoms with Gasteiger partial charge in [0.25, 0.3) is 6.43 Å². The number of hydrogen-bond acceptors (Lipinski definition) is 4. The summed E-state index contributed by atoms with van der Waals surface area (Å²) in [7, 11) is -3.56. The van der Waals surface area contributed by atoms with Crippen LogP contribution in [0.3, 0.4) is 0 Å². The average Bonchev–Trinajstić information content (AvgIpc) is 2.95. The van der Waals surface area contributed by atoms with Crippen molar-refractivity contribution in [1.82, 2.24) is 4.31 Å². The third-order valence-corrected chi connectivity index (χ3v) is 5.30. The zero-order valence-corrected chi connectivity index (χ0v) is 12.2. The molecule has 0 amide bonds. The van der Waals surface area contributed by atoms with Crippen LogP contribution in [0.25, 0.3) is 0 Å². The van der Waals surface area contributed by atoms with E-state index in [1.807, 2.05) is 0 Å². The number of ether oxygens (including phenoxy) is 1. The van der Waals surface area contributed by atoms with E-state index >= 15 is 0 Å². The van der Waals surface area contributed by atoms with Gasteiger partial charge >= 0.3 is 0 Å². The summed E-state index contributed by atoms with van der Waals surface area (Å²) in [4.78, 5) is 0.129. The Kier molecular flexibility index (Phi) is 5.13. The van der Waals surface area contributed by atoms with E-state index in [0.717, 1.165) is 6.42 Å². The zero-order valence-electron chi connectivity index (χ0n) is 11.4. The van der Waals surface area contributed by atoms with Crippen molar-refractivity contribution < 1.29 is 21.9 Å². The average molecular weight is 320 g/mol. The maximum absolute atomic E-state index is 12.4. The summed E-state index contributed by atoms with van der Waals surface area (Å²) in [6.45, 7) is 0.624. The molecule has 0 aliphatic carbocycles. The highest BCUT2D eigenvalue weighted by Gasteiger charge is 2.31. The highest BCUT2D eigenvalue weighted by atomic mass is 32.2. The highest BCUT2D eigenvalue weighted by molar-refractivity contribution is 7.89. The molecular formula is C13H18F2N2O3S. The van der Waals surface area contributed by atoms with Gasteiger partial charge in [-0.15, -0.1) is 0 Å². The van der Waals surface area contributed by atoms with Crippen molar-refractivity contribution in [3.8, 4) is 5.75 Å². The lowest BCUT2D eigenvalue weighted by molar-refractivity contribution is 0.0819. The number of sulfonamides is 1. The topological polar surface area (TPSA) is 72.6 Å². The minimum atomic E-state index is -3.56. The maximum atomic E-state index is 12.4. The molecule has 1 atom stereocenters. The molecule has 0 radical (unpaired) electrons. The molecule has 1 saturated heterocycles. The molecule has 1 aliphatic heterocycles. The molecule has 21 heavy (non-hydrogen) atoms. The van der Waals surface area contributed by atoms with Crippen molar-refractivity contribution in [2.45, 2.75) is 17.7 Å². The normalized spacial score (nSPS) is 20.1. The molecule has 2 rings (SSSR count). The van der Waals surface area contributed by atoms with Crippen molar-refractivity contribution in [1.29, 1.82) is 0 Å². The van der Waals surface area contributed by atoms with E-state index in [0.29, 0.717) is 19.6 Å². The third-order valence-electron chi connectivity index (χ3n) is 3.42. The van der Waals surface area contributed by atoms with Gasteiger partial charge in [-0.05, 0) is 43.1 Å². The minimum Gasteiger partial charge on any atom is -0.488 e. The SMILES string of the molecule is NCC1CCN(S(=O)(=O)c2ccc(OCC(F)F)cc2)C1. The Bertz CT molecular complexity index is 563. The molecule has 0 spiro atoms. The number of alkyl halides is 2. The molecule has 1 aromatic carbocycles. The van der Waals surface area contributed by atoms with Crippen molar-refractivity contribution >= 4 is 10.0 Å². The Morgan fingerprint density at radius 1 is 1.33 bits per heavy atom. The largest absolute Gasteiger partial charge is 0.488 e. The first-order valence-corrected chi connectivity index (χ1v) is 8.08. The van der Waals surface area contributed by atoms with E-state index in [9.17, 15) is 17.2 Å². The van der Waals surface area contributed by atoms with Crippen molar-refractivity contribution in [3.63, 3.8) is 0 Å². The molecule has 8 heteroatoms. The molecule has 0 bridgehead atoms. The van der Waals surface area contributed by atoms with Crippen LogP contribution in [0.4, 0.5) is 8.78 Å². The lowest BCUT2D eigenvalue weighted by Gasteiger charge is -2.16. The molecule has 5 nitrogen and oxygen atoms in total. The van der Waals surface area contributed by atoms with Gasteiger partial charge in [0.15, 0.2) is 0 Å². The summed E-state index contributed by atoms with van der Waals surface area (Å²) < 4.78 is 55.1. The van der Waals surface area contributed by atoms with Gasteiger partial charge in [-0.2, -0.15) is 4.31 Å². The monoisotopic (exact) mass is 320 g/mol. The van der Waals surface area contributed by atoms with Gasteiger partial charge in [-0.3, -0.25) is 0 Å². The van der Waals surface area contributed by atoms with Gasteiger partial charge in [0.05, 0.1) is 4.90 Å². The second-order valence-electron chi connectivity index (χ2n) is 4.93. The van der Waals surface area contributed by atoms with E-state index < -0.39 is 23.1 Å². The molecule has 1 heterocycles. The summed E-state index contributed by atoms with van der Waals surface area (Å²) in [6, 6.07) is 5.50. The first kappa shape index (κ1) is 16.1. The maximum Gasteiger partial charge on any atom is 0.272 e. The molecule has 1 unspecified atom stereocenters. The van der Waals surface area contributed by atoms with Crippen LogP contribution in [0, 0.1) is 5.92 Å². The number of rotatable bonds is 6. The van der Waals surface area contributed by atoms with E-state index in [1.54, 1.807) is 0 Å². The highest BCUT2D eigenvalue weighted by Crippen LogP contribution is 2.25. The van der Waals surface area contributed by atoms with E-state index in [2.05, 4.69) is 0 Å². The fourth-order valence-corrected chi connectivity index (χ4v) is 3.75. The van der Waals surface area contributed by atoms with Gasteiger partial charge in [0.2, 0.25) is 10.0 Å². The summed E-state index contributed by atoms with van der Waals surface area (Å²) in [6.07, 6.45) is -1.81. The van der Waals surface area contributed by atoms with Gasteiger partial charge in [0, 0.05) is 13.1 Å². The Morgan fingerprint density at radius 2 is 2.00 bits per heavy atom. The van der Waals surface area contributed by atoms with Crippen LogP contribution in [0.15, 0.2) is 29.2 Å². The van der Waals surface area contributed by atoms with Crippen LogP contribution < -0.4 is 10.5 Å². The molecule has 1 aromatic rings. The van der Waals surface area contributed by atoms with Crippen LogP contribution in [-0.2, 0) is 10.0 Å². The quantitative estimate of drug-likeness (QED) is 0.857. The van der Waals surface area contributed by atoms with E-state index in [-0.39, 0.29) is 16.6 Å². The Labute approximate surface area is 122 Å².